The third-order valence-electron chi connectivity index (χ3n) is 4.83. The summed E-state index contributed by atoms with van der Waals surface area (Å²) in [5.74, 6) is 0.711. The summed E-state index contributed by atoms with van der Waals surface area (Å²) >= 11 is 13.1. The van der Waals surface area contributed by atoms with Gasteiger partial charge in [-0.1, -0.05) is 28.4 Å². The van der Waals surface area contributed by atoms with Crippen LogP contribution in [0.4, 0.5) is 0 Å². The molecule has 0 bridgehead atoms. The molecule has 1 aromatic carbocycles. The minimum absolute atomic E-state index is 0.274. The molecule has 9 nitrogen and oxygen atoms in total. The summed E-state index contributed by atoms with van der Waals surface area (Å²) in [6.07, 6.45) is 2.67. The molecule has 0 aliphatic carbocycles. The summed E-state index contributed by atoms with van der Waals surface area (Å²) in [5.41, 5.74) is 0.202. The second kappa shape index (κ2) is 7.75. The molecule has 158 valence electrons. The number of rotatable bonds is 4. The molecule has 0 unspecified atom stereocenters. The third kappa shape index (κ3) is 3.77. The smallest absolute Gasteiger partial charge is 0.334 e. The van der Waals surface area contributed by atoms with E-state index in [4.69, 9.17) is 27.7 Å². The second-order valence-corrected chi connectivity index (χ2v) is 8.13. The minimum atomic E-state index is -0.825. The van der Waals surface area contributed by atoms with Crippen molar-refractivity contribution in [1.82, 2.24) is 29.9 Å². The summed E-state index contributed by atoms with van der Waals surface area (Å²) in [7, 11) is 0. The largest absolute Gasteiger partial charge is 0.349 e. The maximum Gasteiger partial charge on any atom is 0.349 e. The van der Waals surface area contributed by atoms with Crippen LogP contribution in [0, 0.1) is 6.92 Å². The van der Waals surface area contributed by atoms with Gasteiger partial charge in [0.1, 0.15) is 6.20 Å². The monoisotopic (exact) mass is 458 g/mol. The van der Waals surface area contributed by atoms with Crippen LogP contribution < -0.4 is 11.2 Å². The summed E-state index contributed by atoms with van der Waals surface area (Å²) in [4.78, 5) is 34.2. The Morgan fingerprint density at radius 3 is 2.52 bits per heavy atom. The molecule has 31 heavy (non-hydrogen) atoms. The van der Waals surface area contributed by atoms with Gasteiger partial charge in [-0.3, -0.25) is 14.8 Å². The number of halogens is 2. The molecule has 11 heteroatoms. The fourth-order valence-electron chi connectivity index (χ4n) is 3.23. The summed E-state index contributed by atoms with van der Waals surface area (Å²) in [6.45, 7) is 5.56. The minimum Gasteiger partial charge on any atom is -0.334 e. The quantitative estimate of drug-likeness (QED) is 0.497. The molecule has 3 aromatic heterocycles. The molecule has 0 fully saturated rings. The highest BCUT2D eigenvalue weighted by atomic mass is 35.5. The second-order valence-electron chi connectivity index (χ2n) is 7.32. The van der Waals surface area contributed by atoms with Crippen LogP contribution in [0.15, 0.2) is 50.8 Å². The van der Waals surface area contributed by atoms with Crippen LogP contribution >= 0.6 is 23.2 Å². The van der Waals surface area contributed by atoms with Gasteiger partial charge in [0.05, 0.1) is 16.7 Å². The fraction of sp³-hybridized carbons (Fsp3) is 0.200. The molecule has 3 heterocycles. The number of aromatic nitrogens is 6. The highest BCUT2D eigenvalue weighted by molar-refractivity contribution is 6.36. The van der Waals surface area contributed by atoms with E-state index in [1.807, 2.05) is 26.8 Å². The molecule has 1 N–H and O–H groups in total. The number of H-pyrrole nitrogens is 1. The average Bonchev–Trinajstić information content (AvgIpc) is 3.18. The summed E-state index contributed by atoms with van der Waals surface area (Å²) in [6, 6.07) is 6.69. The Labute approximate surface area is 185 Å². The van der Waals surface area contributed by atoms with Crippen molar-refractivity contribution >= 4 is 23.2 Å². The first-order valence-corrected chi connectivity index (χ1v) is 9.89. The van der Waals surface area contributed by atoms with Crippen LogP contribution in [-0.2, 0) is 5.41 Å². The molecule has 4 rings (SSSR count). The lowest BCUT2D eigenvalue weighted by atomic mass is 9.83. The van der Waals surface area contributed by atoms with E-state index in [2.05, 4.69) is 25.2 Å². The topological polar surface area (TPSA) is 120 Å². The van der Waals surface area contributed by atoms with E-state index in [0.29, 0.717) is 23.0 Å². The first-order chi connectivity index (χ1) is 14.7. The fourth-order valence-corrected chi connectivity index (χ4v) is 4.17. The predicted octanol–water partition coefficient (Wildman–Crippen LogP) is 3.31. The van der Waals surface area contributed by atoms with Crippen molar-refractivity contribution in [3.8, 4) is 17.1 Å². The highest BCUT2D eigenvalue weighted by Gasteiger charge is 2.34. The molecule has 0 aliphatic rings. The average molecular weight is 459 g/mol. The van der Waals surface area contributed by atoms with Crippen LogP contribution in [0.25, 0.3) is 17.1 Å². The van der Waals surface area contributed by atoms with E-state index >= 15 is 0 Å². The maximum absolute atomic E-state index is 12.1. The Kier molecular flexibility index (Phi) is 5.24. The van der Waals surface area contributed by atoms with Gasteiger partial charge in [-0.05, 0) is 45.0 Å². The zero-order valence-electron chi connectivity index (χ0n) is 16.7. The van der Waals surface area contributed by atoms with E-state index in [0.717, 1.165) is 22.1 Å². The molecular formula is C20H16Cl2N6O3. The van der Waals surface area contributed by atoms with Gasteiger partial charge in [0, 0.05) is 27.5 Å². The van der Waals surface area contributed by atoms with Gasteiger partial charge in [0.15, 0.2) is 5.82 Å². The number of nitrogens with zero attached hydrogens (tertiary/aromatic N) is 5. The molecule has 0 saturated heterocycles. The van der Waals surface area contributed by atoms with Crippen molar-refractivity contribution in [2.45, 2.75) is 26.2 Å². The van der Waals surface area contributed by atoms with Gasteiger partial charge in [-0.25, -0.2) is 4.79 Å². The number of benzene rings is 1. The van der Waals surface area contributed by atoms with Crippen LogP contribution in [0.1, 0.15) is 30.9 Å². The molecule has 0 aliphatic heterocycles. The number of hydrogen-bond acceptors (Lipinski definition) is 7. The van der Waals surface area contributed by atoms with Gasteiger partial charge in [-0.15, -0.1) is 0 Å². The van der Waals surface area contributed by atoms with Gasteiger partial charge >= 0.3 is 5.69 Å². The van der Waals surface area contributed by atoms with Gasteiger partial charge in [0.2, 0.25) is 0 Å². The Morgan fingerprint density at radius 2 is 1.87 bits per heavy atom. The van der Waals surface area contributed by atoms with Crippen molar-refractivity contribution in [3.05, 3.63) is 84.6 Å². The number of aryl methyl sites for hydroxylation is 1. The molecule has 0 atom stereocenters. The third-order valence-corrected chi connectivity index (χ3v) is 5.43. The SMILES string of the molecule is Cc1ncccc1-c1nc(C(C)(C)c2c(Cl)cc(-n3ncc(=O)[nH]c3=O)cc2Cl)no1. The predicted molar refractivity (Wildman–Crippen MR) is 115 cm³/mol. The normalized spacial score (nSPS) is 11.6. The molecule has 0 amide bonds. The van der Waals surface area contributed by atoms with E-state index in [-0.39, 0.29) is 10.0 Å². The molecule has 0 radical (unpaired) electrons. The van der Waals surface area contributed by atoms with Crippen molar-refractivity contribution in [1.29, 1.82) is 0 Å². The molecule has 0 spiro atoms. The first-order valence-electron chi connectivity index (χ1n) is 9.13. The maximum atomic E-state index is 12.1. The zero-order chi connectivity index (χ0) is 22.3. The molecule has 4 aromatic rings. The van der Waals surface area contributed by atoms with Crippen LogP contribution in [-0.4, -0.2) is 29.9 Å². The van der Waals surface area contributed by atoms with Crippen LogP contribution in [0.3, 0.4) is 0 Å². The Hall–Kier alpha value is -3.30. The molecule has 0 saturated carbocycles. The van der Waals surface area contributed by atoms with E-state index in [9.17, 15) is 9.59 Å². The van der Waals surface area contributed by atoms with Crippen LogP contribution in [0.2, 0.25) is 10.0 Å². The zero-order valence-corrected chi connectivity index (χ0v) is 18.2. The van der Waals surface area contributed by atoms with Gasteiger partial charge < -0.3 is 4.52 Å². The van der Waals surface area contributed by atoms with Crippen molar-refractivity contribution < 1.29 is 4.52 Å². The lowest BCUT2D eigenvalue weighted by Crippen LogP contribution is -2.30. The standard InChI is InChI=1S/C20H16Cl2N6O3/c1-10-12(5-4-6-23-10)17-26-18(27-31-17)20(2,3)16-13(21)7-11(8-14(16)22)28-19(30)25-15(29)9-24-28/h4-9H,1-3H3,(H,25,29,30). The molecular weight excluding hydrogens is 443 g/mol. The number of hydrogen-bond donors (Lipinski definition) is 1. The lowest BCUT2D eigenvalue weighted by molar-refractivity contribution is 0.408. The van der Waals surface area contributed by atoms with E-state index in [1.165, 1.54) is 12.1 Å². The first kappa shape index (κ1) is 21.0. The van der Waals surface area contributed by atoms with Crippen molar-refractivity contribution in [2.75, 3.05) is 0 Å². The van der Waals surface area contributed by atoms with E-state index < -0.39 is 16.7 Å². The van der Waals surface area contributed by atoms with Crippen molar-refractivity contribution in [3.63, 3.8) is 0 Å². The lowest BCUT2D eigenvalue weighted by Gasteiger charge is -2.24. The Bertz CT molecular complexity index is 1380. The summed E-state index contributed by atoms with van der Waals surface area (Å²) < 4.78 is 6.46. The van der Waals surface area contributed by atoms with Gasteiger partial charge in [0.25, 0.3) is 11.4 Å². The highest BCUT2D eigenvalue weighted by Crippen LogP contribution is 2.40. The Morgan fingerprint density at radius 1 is 1.16 bits per heavy atom. The van der Waals surface area contributed by atoms with Crippen molar-refractivity contribution in [2.24, 2.45) is 0 Å². The van der Waals surface area contributed by atoms with E-state index in [1.54, 1.807) is 12.3 Å². The van der Waals surface area contributed by atoms with Crippen LogP contribution in [0.5, 0.6) is 0 Å². The van der Waals surface area contributed by atoms with Gasteiger partial charge in [-0.2, -0.15) is 14.8 Å². The number of nitrogens with one attached hydrogen (secondary N) is 1. The summed E-state index contributed by atoms with van der Waals surface area (Å²) in [5, 5.41) is 8.50. The Balaban J connectivity index is 1.78. The number of aromatic amines is 1. The number of pyridine rings is 1.